The highest BCUT2D eigenvalue weighted by Crippen LogP contribution is 2.10. The van der Waals surface area contributed by atoms with E-state index < -0.39 is 28.4 Å². The number of hydrogen-bond acceptors (Lipinski definition) is 4. The first kappa shape index (κ1) is 19.6. The lowest BCUT2D eigenvalue weighted by atomic mass is 10.2. The number of sulfonamides is 1. The molecule has 2 rings (SSSR count). The molecule has 0 aliphatic carbocycles. The number of carbonyl (C=O) groups is 2. The van der Waals surface area contributed by atoms with Crippen molar-refractivity contribution < 1.29 is 18.0 Å². The van der Waals surface area contributed by atoms with Gasteiger partial charge in [-0.25, -0.2) is 13.1 Å². The Balaban J connectivity index is 1.79. The fourth-order valence-corrected chi connectivity index (χ4v) is 3.11. The van der Waals surface area contributed by atoms with Gasteiger partial charge in [0.15, 0.2) is 0 Å². The van der Waals surface area contributed by atoms with Gasteiger partial charge in [0, 0.05) is 5.69 Å². The minimum absolute atomic E-state index is 0.0769. The molecule has 2 amide bonds. The number of nitrogens with one attached hydrogen (secondary N) is 3. The summed E-state index contributed by atoms with van der Waals surface area (Å²) in [7, 11) is -3.78. The van der Waals surface area contributed by atoms with E-state index in [4.69, 9.17) is 0 Å². The second-order valence-corrected chi connectivity index (χ2v) is 7.60. The van der Waals surface area contributed by atoms with Crippen LogP contribution in [0.3, 0.4) is 0 Å². The van der Waals surface area contributed by atoms with Crippen LogP contribution in [0.4, 0.5) is 5.69 Å². The Labute approximate surface area is 152 Å². The monoisotopic (exact) mass is 375 g/mol. The number of carbonyl (C=O) groups excluding carboxylic acids is 2. The molecule has 138 valence electrons. The summed E-state index contributed by atoms with van der Waals surface area (Å²) in [6, 6.07) is 13.5. The maximum atomic E-state index is 12.1. The summed E-state index contributed by atoms with van der Waals surface area (Å²) in [5.74, 6) is -0.995. The molecule has 26 heavy (non-hydrogen) atoms. The fourth-order valence-electron chi connectivity index (χ4n) is 2.13. The Morgan fingerprint density at radius 2 is 1.58 bits per heavy atom. The predicted molar refractivity (Wildman–Crippen MR) is 99.2 cm³/mol. The lowest BCUT2D eigenvalue weighted by Gasteiger charge is -2.09. The van der Waals surface area contributed by atoms with E-state index in [0.717, 1.165) is 11.1 Å². The zero-order valence-electron chi connectivity index (χ0n) is 14.6. The Morgan fingerprint density at radius 1 is 0.885 bits per heavy atom. The first-order valence-electron chi connectivity index (χ1n) is 7.96. The third-order valence-corrected chi connectivity index (χ3v) is 4.92. The molecular formula is C18H21N3O4S. The molecule has 7 nitrogen and oxygen atoms in total. The van der Waals surface area contributed by atoms with E-state index in [0.29, 0.717) is 5.69 Å². The molecule has 0 aliphatic rings. The summed E-state index contributed by atoms with van der Waals surface area (Å²) in [6.07, 6.45) is 0. The van der Waals surface area contributed by atoms with Crippen LogP contribution in [0.1, 0.15) is 11.1 Å². The molecule has 0 saturated heterocycles. The number of benzene rings is 2. The van der Waals surface area contributed by atoms with Crippen LogP contribution in [0.2, 0.25) is 0 Å². The topological polar surface area (TPSA) is 104 Å². The summed E-state index contributed by atoms with van der Waals surface area (Å²) in [4.78, 5) is 23.7. The Morgan fingerprint density at radius 3 is 2.23 bits per heavy atom. The maximum Gasteiger partial charge on any atom is 0.243 e. The van der Waals surface area contributed by atoms with Crippen molar-refractivity contribution in [2.24, 2.45) is 0 Å². The third-order valence-electron chi connectivity index (χ3n) is 3.50. The van der Waals surface area contributed by atoms with Crippen LogP contribution >= 0.6 is 0 Å². The number of amides is 2. The van der Waals surface area contributed by atoms with Gasteiger partial charge in [-0.15, -0.1) is 0 Å². The summed E-state index contributed by atoms with van der Waals surface area (Å²) < 4.78 is 26.4. The molecule has 0 fully saturated rings. The minimum Gasteiger partial charge on any atom is -0.346 e. The second-order valence-electron chi connectivity index (χ2n) is 5.83. The molecule has 0 radical (unpaired) electrons. The summed E-state index contributed by atoms with van der Waals surface area (Å²) >= 11 is 0. The normalized spacial score (nSPS) is 11.0. The van der Waals surface area contributed by atoms with Crippen LogP contribution in [-0.2, 0) is 19.6 Å². The van der Waals surface area contributed by atoms with Gasteiger partial charge in [-0.2, -0.15) is 0 Å². The lowest BCUT2D eigenvalue weighted by molar-refractivity contribution is -0.123. The van der Waals surface area contributed by atoms with Gasteiger partial charge in [0.2, 0.25) is 21.8 Å². The first-order valence-corrected chi connectivity index (χ1v) is 9.44. The minimum atomic E-state index is -3.78. The number of rotatable bonds is 7. The Bertz CT molecular complexity index is 893. The van der Waals surface area contributed by atoms with Crippen molar-refractivity contribution in [2.45, 2.75) is 18.7 Å². The molecule has 3 N–H and O–H groups in total. The molecule has 8 heteroatoms. The van der Waals surface area contributed by atoms with Crippen LogP contribution in [0.5, 0.6) is 0 Å². The van der Waals surface area contributed by atoms with Crippen molar-refractivity contribution in [2.75, 3.05) is 18.4 Å². The largest absolute Gasteiger partial charge is 0.346 e. The van der Waals surface area contributed by atoms with Crippen LogP contribution in [0.25, 0.3) is 0 Å². The summed E-state index contributed by atoms with van der Waals surface area (Å²) in [6.45, 7) is 3.05. The highest BCUT2D eigenvalue weighted by Gasteiger charge is 2.15. The third kappa shape index (κ3) is 5.98. The van der Waals surface area contributed by atoms with Gasteiger partial charge >= 0.3 is 0 Å². The lowest BCUT2D eigenvalue weighted by Crippen LogP contribution is -2.40. The van der Waals surface area contributed by atoms with Gasteiger partial charge < -0.3 is 10.6 Å². The maximum absolute atomic E-state index is 12.1. The van der Waals surface area contributed by atoms with E-state index in [9.17, 15) is 18.0 Å². The average Bonchev–Trinajstić information content (AvgIpc) is 2.59. The molecule has 0 bridgehead atoms. The number of hydrogen-bond donors (Lipinski definition) is 3. The number of aryl methyl sites for hydroxylation is 2. The van der Waals surface area contributed by atoms with Crippen LogP contribution in [0.15, 0.2) is 53.4 Å². The Kier molecular flexibility index (Phi) is 6.48. The molecule has 2 aromatic rings. The molecule has 0 saturated carbocycles. The SMILES string of the molecule is Cc1ccc(S(=O)(=O)NCC(=O)NCC(=O)Nc2cccc(C)c2)cc1. The zero-order chi connectivity index (χ0) is 19.2. The molecule has 0 heterocycles. The molecule has 0 spiro atoms. The predicted octanol–water partition coefficient (Wildman–Crippen LogP) is 1.34. The van der Waals surface area contributed by atoms with Crippen molar-refractivity contribution in [1.29, 1.82) is 0 Å². The quantitative estimate of drug-likeness (QED) is 0.679. The van der Waals surface area contributed by atoms with Crippen molar-refractivity contribution in [1.82, 2.24) is 10.0 Å². The van der Waals surface area contributed by atoms with E-state index in [1.54, 1.807) is 24.3 Å². The molecule has 0 unspecified atom stereocenters. The van der Waals surface area contributed by atoms with Crippen molar-refractivity contribution in [3.8, 4) is 0 Å². The molecule has 0 aliphatic heterocycles. The molecule has 0 atom stereocenters. The van der Waals surface area contributed by atoms with Crippen LogP contribution in [-0.4, -0.2) is 33.3 Å². The first-order chi connectivity index (χ1) is 12.3. The smallest absolute Gasteiger partial charge is 0.243 e. The summed E-state index contributed by atoms with van der Waals surface area (Å²) in [5, 5.41) is 5.02. The van der Waals surface area contributed by atoms with Crippen LogP contribution in [0, 0.1) is 13.8 Å². The van der Waals surface area contributed by atoms with Gasteiger partial charge in [0.1, 0.15) is 0 Å². The van der Waals surface area contributed by atoms with Gasteiger partial charge in [-0.3, -0.25) is 9.59 Å². The zero-order valence-corrected chi connectivity index (χ0v) is 15.4. The second kappa shape index (κ2) is 8.59. The molecule has 0 aromatic heterocycles. The van der Waals surface area contributed by atoms with E-state index >= 15 is 0 Å². The Hall–Kier alpha value is -2.71. The van der Waals surface area contributed by atoms with E-state index in [2.05, 4.69) is 15.4 Å². The molecular weight excluding hydrogens is 354 g/mol. The molecule has 2 aromatic carbocycles. The van der Waals surface area contributed by atoms with Gasteiger partial charge in [0.25, 0.3) is 0 Å². The standard InChI is InChI=1S/C18H21N3O4S/c1-13-6-8-16(9-7-13)26(24,25)20-12-17(22)19-11-18(23)21-15-5-3-4-14(2)10-15/h3-10,20H,11-12H2,1-2H3,(H,19,22)(H,21,23). The van der Waals surface area contributed by atoms with Gasteiger partial charge in [-0.1, -0.05) is 29.8 Å². The highest BCUT2D eigenvalue weighted by molar-refractivity contribution is 7.89. The van der Waals surface area contributed by atoms with E-state index in [-0.39, 0.29) is 11.4 Å². The van der Waals surface area contributed by atoms with Crippen molar-refractivity contribution in [3.05, 3.63) is 59.7 Å². The van der Waals surface area contributed by atoms with Crippen LogP contribution < -0.4 is 15.4 Å². The fraction of sp³-hybridized carbons (Fsp3) is 0.222. The summed E-state index contributed by atoms with van der Waals surface area (Å²) in [5.41, 5.74) is 2.56. The van der Waals surface area contributed by atoms with E-state index in [1.807, 2.05) is 26.0 Å². The average molecular weight is 375 g/mol. The van der Waals surface area contributed by atoms with Crippen molar-refractivity contribution >= 4 is 27.5 Å². The number of anilines is 1. The van der Waals surface area contributed by atoms with Crippen molar-refractivity contribution in [3.63, 3.8) is 0 Å². The highest BCUT2D eigenvalue weighted by atomic mass is 32.2. The van der Waals surface area contributed by atoms with Gasteiger partial charge in [0.05, 0.1) is 18.0 Å². The van der Waals surface area contributed by atoms with E-state index in [1.165, 1.54) is 12.1 Å². The van der Waals surface area contributed by atoms with Gasteiger partial charge in [-0.05, 0) is 43.7 Å².